The van der Waals surface area contributed by atoms with Crippen LogP contribution < -0.4 is 10.1 Å². The number of nitro benzene ring substituents is 1. The second kappa shape index (κ2) is 10.2. The second-order valence-electron chi connectivity index (χ2n) is 6.97. The molecular weight excluding hydrogens is 466 g/mol. The van der Waals surface area contributed by atoms with Crippen molar-refractivity contribution in [2.45, 2.75) is 19.3 Å². The molecule has 1 N–H and O–H groups in total. The van der Waals surface area contributed by atoms with E-state index in [9.17, 15) is 19.7 Å². The summed E-state index contributed by atoms with van der Waals surface area (Å²) in [4.78, 5) is 38.7. The molecule has 9 heteroatoms. The molecule has 1 saturated heterocycles. The monoisotopic (exact) mass is 487 g/mol. The van der Waals surface area contributed by atoms with Gasteiger partial charge in [0.05, 0.1) is 22.2 Å². The molecule has 2 aromatic rings. The van der Waals surface area contributed by atoms with Gasteiger partial charge in [0.2, 0.25) is 0 Å². The van der Waals surface area contributed by atoms with E-state index in [0.29, 0.717) is 24.4 Å². The number of rotatable bonds is 6. The first-order chi connectivity index (χ1) is 14.9. The average molecular weight is 488 g/mol. The molecule has 0 saturated carbocycles. The third-order valence-electron chi connectivity index (χ3n) is 5.02. The van der Waals surface area contributed by atoms with Crippen LogP contribution in [-0.2, 0) is 4.79 Å². The van der Waals surface area contributed by atoms with E-state index in [1.165, 1.54) is 25.3 Å². The van der Waals surface area contributed by atoms with Crippen molar-refractivity contribution in [2.24, 2.45) is 0 Å². The molecule has 1 aliphatic heterocycles. The second-order valence-corrected chi connectivity index (χ2v) is 7.76. The highest BCUT2D eigenvalue weighted by atomic mass is 79.9. The summed E-state index contributed by atoms with van der Waals surface area (Å²) < 4.78 is 5.55. The first-order valence-corrected chi connectivity index (χ1v) is 10.6. The fourth-order valence-electron chi connectivity index (χ4n) is 3.49. The van der Waals surface area contributed by atoms with E-state index in [1.54, 1.807) is 35.2 Å². The number of halogens is 1. The van der Waals surface area contributed by atoms with Gasteiger partial charge >= 0.3 is 0 Å². The maximum Gasteiger partial charge on any atom is 0.282 e. The third kappa shape index (κ3) is 5.11. The molecule has 0 spiro atoms. The molecule has 0 aliphatic carbocycles. The molecule has 0 bridgehead atoms. The van der Waals surface area contributed by atoms with Gasteiger partial charge in [0, 0.05) is 24.7 Å². The Balaban J connectivity index is 2.04. The van der Waals surface area contributed by atoms with Crippen molar-refractivity contribution in [1.82, 2.24) is 10.2 Å². The van der Waals surface area contributed by atoms with Crippen LogP contribution in [0.15, 0.2) is 53.1 Å². The molecule has 0 atom stereocenters. The molecule has 2 aromatic carbocycles. The van der Waals surface area contributed by atoms with Gasteiger partial charge in [0.15, 0.2) is 0 Å². The lowest BCUT2D eigenvalue weighted by Gasteiger charge is -2.28. The lowest BCUT2D eigenvalue weighted by molar-refractivity contribution is -0.385. The van der Waals surface area contributed by atoms with Crippen LogP contribution in [0.5, 0.6) is 5.75 Å². The van der Waals surface area contributed by atoms with Crippen molar-refractivity contribution >= 4 is 39.0 Å². The fraction of sp³-hybridized carbons (Fsp3) is 0.273. The molecule has 1 aliphatic rings. The Hall–Kier alpha value is -3.20. The Bertz CT molecular complexity index is 1030. The maximum absolute atomic E-state index is 13.4. The minimum atomic E-state index is -0.696. The van der Waals surface area contributed by atoms with Gasteiger partial charge < -0.3 is 15.0 Å². The number of nitro groups is 1. The van der Waals surface area contributed by atoms with Crippen molar-refractivity contribution in [3.63, 3.8) is 0 Å². The molecule has 2 amide bonds. The number of carbonyl (C=O) groups is 2. The minimum Gasteiger partial charge on any atom is -0.496 e. The number of carbonyl (C=O) groups excluding carboxylic acids is 2. The van der Waals surface area contributed by atoms with Crippen LogP contribution in [-0.4, -0.2) is 41.8 Å². The van der Waals surface area contributed by atoms with Crippen molar-refractivity contribution in [3.05, 3.63) is 74.4 Å². The normalized spacial score (nSPS) is 14.5. The number of hydrogen-bond donors (Lipinski definition) is 1. The summed E-state index contributed by atoms with van der Waals surface area (Å²) in [5.74, 6) is -0.475. The number of piperidine rings is 1. The van der Waals surface area contributed by atoms with E-state index in [4.69, 9.17) is 4.74 Å². The Morgan fingerprint density at radius 1 is 1.03 bits per heavy atom. The number of amides is 2. The highest BCUT2D eigenvalue weighted by molar-refractivity contribution is 9.11. The van der Waals surface area contributed by atoms with Gasteiger partial charge in [0.25, 0.3) is 17.5 Å². The number of likely N-dealkylation sites (tertiary alicyclic amines) is 1. The predicted octanol–water partition coefficient (Wildman–Crippen LogP) is 4.11. The number of ether oxygens (including phenoxy) is 1. The highest BCUT2D eigenvalue weighted by Gasteiger charge is 2.28. The van der Waals surface area contributed by atoms with Gasteiger partial charge in [-0.25, -0.2) is 0 Å². The largest absolute Gasteiger partial charge is 0.496 e. The summed E-state index contributed by atoms with van der Waals surface area (Å²) in [6.07, 6.45) is 2.88. The summed E-state index contributed by atoms with van der Waals surface area (Å²) in [6.45, 7) is 1.24. The van der Waals surface area contributed by atoms with Gasteiger partial charge in [-0.15, -0.1) is 0 Å². The van der Waals surface area contributed by atoms with Crippen LogP contribution in [0.1, 0.15) is 35.2 Å². The van der Waals surface area contributed by atoms with Gasteiger partial charge in [-0.05, 0) is 47.3 Å². The Kier molecular flexibility index (Phi) is 7.41. The van der Waals surface area contributed by atoms with E-state index in [-0.39, 0.29) is 27.3 Å². The predicted molar refractivity (Wildman–Crippen MR) is 120 cm³/mol. The van der Waals surface area contributed by atoms with Gasteiger partial charge in [-0.3, -0.25) is 19.7 Å². The fourth-order valence-corrected chi connectivity index (χ4v) is 4.05. The molecular formula is C22H22BrN3O5. The zero-order valence-electron chi connectivity index (χ0n) is 17.0. The zero-order chi connectivity index (χ0) is 22.4. The molecule has 162 valence electrons. The lowest BCUT2D eigenvalue weighted by Crippen LogP contribution is -2.37. The minimum absolute atomic E-state index is 0.103. The van der Waals surface area contributed by atoms with Crippen LogP contribution >= 0.6 is 15.9 Å². The number of nitrogens with one attached hydrogen (secondary N) is 1. The molecule has 31 heavy (non-hydrogen) atoms. The Morgan fingerprint density at radius 3 is 2.29 bits per heavy atom. The maximum atomic E-state index is 13.4. The first kappa shape index (κ1) is 22.5. The molecule has 3 rings (SSSR count). The van der Waals surface area contributed by atoms with Crippen LogP contribution in [0.25, 0.3) is 5.57 Å². The highest BCUT2D eigenvalue weighted by Crippen LogP contribution is 2.32. The van der Waals surface area contributed by atoms with Crippen LogP contribution in [0.2, 0.25) is 0 Å². The van der Waals surface area contributed by atoms with Gasteiger partial charge in [0.1, 0.15) is 11.3 Å². The van der Waals surface area contributed by atoms with Gasteiger partial charge in [-0.1, -0.05) is 30.3 Å². The van der Waals surface area contributed by atoms with Crippen LogP contribution in [0, 0.1) is 10.1 Å². The van der Waals surface area contributed by atoms with Crippen molar-refractivity contribution in [3.8, 4) is 5.75 Å². The first-order valence-electron chi connectivity index (χ1n) is 9.81. The SMILES string of the molecule is COc1ccccc1/C(C(=O)N1CCCCC1)=C(\Br)NC(=O)c1ccccc1[N+](=O)[O-]. The quantitative estimate of drug-likeness (QED) is 0.286. The van der Waals surface area contributed by atoms with Crippen LogP contribution in [0.3, 0.4) is 0 Å². The number of benzene rings is 2. The number of hydrogen-bond acceptors (Lipinski definition) is 5. The van der Waals surface area contributed by atoms with E-state index >= 15 is 0 Å². The standard InChI is InChI=1S/C22H22BrN3O5/c1-31-18-12-6-4-10-16(18)19(22(28)25-13-7-2-8-14-25)20(23)24-21(27)15-9-3-5-11-17(15)26(29)30/h3-6,9-12H,2,7-8,13-14H2,1H3,(H,24,27)/b20-19-. The summed E-state index contributed by atoms with van der Waals surface area (Å²) in [7, 11) is 1.50. The molecule has 8 nitrogen and oxygen atoms in total. The topological polar surface area (TPSA) is 102 Å². The number of para-hydroxylation sites is 2. The third-order valence-corrected chi connectivity index (χ3v) is 5.62. The van der Waals surface area contributed by atoms with Crippen molar-refractivity contribution in [1.29, 1.82) is 0 Å². The van der Waals surface area contributed by atoms with E-state index in [1.807, 2.05) is 0 Å². The summed E-state index contributed by atoms with van der Waals surface area (Å²) in [5.41, 5.74) is 0.317. The smallest absolute Gasteiger partial charge is 0.282 e. The van der Waals surface area contributed by atoms with E-state index < -0.39 is 10.8 Å². The summed E-state index contributed by atoms with van der Waals surface area (Å²) in [5, 5.41) is 13.9. The average Bonchev–Trinajstić information content (AvgIpc) is 2.80. The number of methoxy groups -OCH3 is 1. The molecule has 0 unspecified atom stereocenters. The molecule has 0 aromatic heterocycles. The number of nitrogens with zero attached hydrogens (tertiary/aromatic N) is 2. The van der Waals surface area contributed by atoms with E-state index in [0.717, 1.165) is 19.3 Å². The Morgan fingerprint density at radius 2 is 1.65 bits per heavy atom. The van der Waals surface area contributed by atoms with Gasteiger partial charge in [-0.2, -0.15) is 0 Å². The Labute approximate surface area is 188 Å². The van der Waals surface area contributed by atoms with Crippen LogP contribution in [0.4, 0.5) is 5.69 Å². The van der Waals surface area contributed by atoms with Crippen molar-refractivity contribution in [2.75, 3.05) is 20.2 Å². The summed E-state index contributed by atoms with van der Waals surface area (Å²) >= 11 is 3.35. The summed E-state index contributed by atoms with van der Waals surface area (Å²) in [6, 6.07) is 12.7. The molecule has 1 heterocycles. The van der Waals surface area contributed by atoms with Crippen molar-refractivity contribution < 1.29 is 19.2 Å². The lowest BCUT2D eigenvalue weighted by atomic mass is 10.0. The molecule has 0 radical (unpaired) electrons. The zero-order valence-corrected chi connectivity index (χ0v) is 18.6. The van der Waals surface area contributed by atoms with E-state index in [2.05, 4.69) is 21.2 Å². The molecule has 1 fully saturated rings.